The Bertz CT molecular complexity index is 743. The number of carbonyl (C=O) groups excluding carboxylic acids is 1. The number of carbonyl (C=O) groups is 1. The van der Waals surface area contributed by atoms with Crippen molar-refractivity contribution >= 4 is 34.1 Å². The Morgan fingerprint density at radius 2 is 1.78 bits per heavy atom. The third kappa shape index (κ3) is 3.16. The summed E-state index contributed by atoms with van der Waals surface area (Å²) in [6.07, 6.45) is 3.17. The van der Waals surface area contributed by atoms with Crippen LogP contribution in [0.3, 0.4) is 0 Å². The molecule has 0 saturated heterocycles. The number of benzene rings is 2. The maximum absolute atomic E-state index is 13.2. The van der Waals surface area contributed by atoms with Gasteiger partial charge in [-0.2, -0.15) is 0 Å². The van der Waals surface area contributed by atoms with Crippen molar-refractivity contribution in [2.24, 2.45) is 0 Å². The van der Waals surface area contributed by atoms with E-state index < -0.39 is 11.5 Å². The minimum atomic E-state index is -0.929. The van der Waals surface area contributed by atoms with Crippen LogP contribution in [-0.4, -0.2) is 23.0 Å². The smallest absolute Gasteiger partial charge is 0.165 e. The molecule has 1 aliphatic rings. The molecule has 3 rings (SSSR count). The van der Waals surface area contributed by atoms with E-state index >= 15 is 0 Å². The van der Waals surface area contributed by atoms with Gasteiger partial charge in [0.25, 0.3) is 0 Å². The molecule has 1 unspecified atom stereocenters. The average molecular weight is 423 g/mol. The zero-order valence-corrected chi connectivity index (χ0v) is 14.3. The lowest BCUT2D eigenvalue weighted by Crippen LogP contribution is -2.45. The van der Waals surface area contributed by atoms with Gasteiger partial charge in [0, 0.05) is 9.26 Å². The Labute approximate surface area is 147 Å². The van der Waals surface area contributed by atoms with Crippen LogP contribution in [0.5, 0.6) is 0 Å². The number of anilines is 1. The van der Waals surface area contributed by atoms with Gasteiger partial charge in [0.05, 0.1) is 18.1 Å². The van der Waals surface area contributed by atoms with Gasteiger partial charge in [-0.3, -0.25) is 4.79 Å². The van der Waals surface area contributed by atoms with Crippen LogP contribution in [-0.2, 0) is 4.79 Å². The lowest BCUT2D eigenvalue weighted by Gasteiger charge is -2.34. The van der Waals surface area contributed by atoms with Gasteiger partial charge < -0.3 is 10.4 Å². The molecule has 0 amide bonds. The Kier molecular flexibility index (Phi) is 4.50. The lowest BCUT2D eigenvalue weighted by atomic mass is 9.81. The first-order valence-corrected chi connectivity index (χ1v) is 8.25. The molecule has 0 heterocycles. The topological polar surface area (TPSA) is 49.3 Å². The molecule has 0 aliphatic heterocycles. The minimum Gasteiger partial charge on any atom is -0.394 e. The number of aliphatic hydroxyl groups is 1. The fourth-order valence-electron chi connectivity index (χ4n) is 2.89. The molecule has 118 valence electrons. The van der Waals surface area contributed by atoms with E-state index in [9.17, 15) is 14.3 Å². The Morgan fingerprint density at radius 3 is 2.39 bits per heavy atom. The van der Waals surface area contributed by atoms with E-state index in [1.54, 1.807) is 18.2 Å². The van der Waals surface area contributed by atoms with Crippen molar-refractivity contribution in [3.63, 3.8) is 0 Å². The minimum absolute atomic E-state index is 0.108. The highest BCUT2D eigenvalue weighted by Crippen LogP contribution is 2.38. The van der Waals surface area contributed by atoms with Gasteiger partial charge in [0.2, 0.25) is 0 Å². The summed E-state index contributed by atoms with van der Waals surface area (Å²) < 4.78 is 14.3. The molecule has 0 spiro atoms. The normalized spacial score (nSPS) is 23.3. The van der Waals surface area contributed by atoms with E-state index in [0.717, 1.165) is 9.26 Å². The van der Waals surface area contributed by atoms with Crippen LogP contribution in [0.1, 0.15) is 11.5 Å². The highest BCUT2D eigenvalue weighted by molar-refractivity contribution is 14.1. The van der Waals surface area contributed by atoms with Crippen molar-refractivity contribution in [1.29, 1.82) is 0 Å². The predicted octanol–water partition coefficient (Wildman–Crippen LogP) is 3.50. The van der Waals surface area contributed by atoms with Crippen molar-refractivity contribution in [1.82, 2.24) is 0 Å². The summed E-state index contributed by atoms with van der Waals surface area (Å²) in [5, 5.41) is 13.3. The molecular weight excluding hydrogens is 408 g/mol. The third-order valence-corrected chi connectivity index (χ3v) is 4.75. The van der Waals surface area contributed by atoms with Crippen molar-refractivity contribution in [2.75, 3.05) is 11.9 Å². The van der Waals surface area contributed by atoms with E-state index in [1.165, 1.54) is 18.2 Å². The highest BCUT2D eigenvalue weighted by atomic mass is 127. The van der Waals surface area contributed by atoms with Crippen molar-refractivity contribution in [2.45, 2.75) is 11.5 Å². The first kappa shape index (κ1) is 16.1. The number of nitrogens with one attached hydrogen (secondary N) is 1. The number of rotatable bonds is 4. The second-order valence-corrected chi connectivity index (χ2v) is 6.80. The summed E-state index contributed by atoms with van der Waals surface area (Å²) in [6, 6.07) is 13.5. The van der Waals surface area contributed by atoms with Gasteiger partial charge in [-0.1, -0.05) is 18.2 Å². The van der Waals surface area contributed by atoms with Crippen molar-refractivity contribution in [3.05, 3.63) is 75.6 Å². The van der Waals surface area contributed by atoms with E-state index in [-0.39, 0.29) is 18.2 Å². The zero-order chi connectivity index (χ0) is 16.4. The number of allylic oxidation sites excluding steroid dienone is 1. The summed E-state index contributed by atoms with van der Waals surface area (Å²) in [7, 11) is 0. The second kappa shape index (κ2) is 6.41. The van der Waals surface area contributed by atoms with Crippen molar-refractivity contribution < 1.29 is 14.3 Å². The van der Waals surface area contributed by atoms with Gasteiger partial charge in [-0.15, -0.1) is 0 Å². The summed E-state index contributed by atoms with van der Waals surface area (Å²) in [4.78, 5) is 12.3. The largest absolute Gasteiger partial charge is 0.394 e. The van der Waals surface area contributed by atoms with Crippen LogP contribution < -0.4 is 5.32 Å². The molecule has 2 atom stereocenters. The number of halogens is 2. The summed E-state index contributed by atoms with van der Waals surface area (Å²) in [5.41, 5.74) is 0.557. The van der Waals surface area contributed by atoms with Crippen LogP contribution in [0, 0.1) is 9.39 Å². The number of hydrogen-bond donors (Lipinski definition) is 2. The monoisotopic (exact) mass is 423 g/mol. The molecule has 2 N–H and O–H groups in total. The lowest BCUT2D eigenvalue weighted by molar-refractivity contribution is -0.116. The molecule has 3 nitrogen and oxygen atoms in total. The summed E-state index contributed by atoms with van der Waals surface area (Å²) in [5.74, 6) is -1.05. The fraction of sp³-hybridized carbons (Fsp3) is 0.167. The van der Waals surface area contributed by atoms with Crippen LogP contribution in [0.15, 0.2) is 60.7 Å². The Morgan fingerprint density at radius 1 is 1.13 bits per heavy atom. The SMILES string of the molecule is O=C1C=C[C@](CO)(Nc2ccc(I)cc2)C1c1ccc(F)cc1. The Balaban J connectivity index is 1.97. The van der Waals surface area contributed by atoms with Crippen LogP contribution in [0.4, 0.5) is 10.1 Å². The quantitative estimate of drug-likeness (QED) is 0.741. The first-order valence-electron chi connectivity index (χ1n) is 7.17. The molecule has 0 aromatic heterocycles. The molecular formula is C18H15FINO2. The summed E-state index contributed by atoms with van der Waals surface area (Å²) in [6.45, 7) is -0.247. The molecule has 1 aliphatic carbocycles. The molecule has 2 aromatic rings. The summed E-state index contributed by atoms with van der Waals surface area (Å²) >= 11 is 2.21. The molecule has 0 radical (unpaired) electrons. The van der Waals surface area contributed by atoms with E-state index in [4.69, 9.17) is 0 Å². The van der Waals surface area contributed by atoms with Gasteiger partial charge in [-0.25, -0.2) is 4.39 Å². The van der Waals surface area contributed by atoms with E-state index in [0.29, 0.717) is 5.56 Å². The molecule has 5 heteroatoms. The van der Waals surface area contributed by atoms with Gasteiger partial charge in [-0.05, 0) is 70.6 Å². The number of ketones is 1. The van der Waals surface area contributed by atoms with Gasteiger partial charge in [0.15, 0.2) is 5.78 Å². The van der Waals surface area contributed by atoms with E-state index in [1.807, 2.05) is 24.3 Å². The predicted molar refractivity (Wildman–Crippen MR) is 95.9 cm³/mol. The fourth-order valence-corrected chi connectivity index (χ4v) is 3.25. The third-order valence-electron chi connectivity index (χ3n) is 4.03. The van der Waals surface area contributed by atoms with Crippen LogP contribution in [0.2, 0.25) is 0 Å². The van der Waals surface area contributed by atoms with Gasteiger partial charge in [0.1, 0.15) is 5.82 Å². The highest BCUT2D eigenvalue weighted by Gasteiger charge is 2.45. The van der Waals surface area contributed by atoms with Gasteiger partial charge >= 0.3 is 0 Å². The van der Waals surface area contributed by atoms with Crippen LogP contribution in [0.25, 0.3) is 0 Å². The van der Waals surface area contributed by atoms with E-state index in [2.05, 4.69) is 27.9 Å². The number of hydrogen-bond acceptors (Lipinski definition) is 3. The molecule has 23 heavy (non-hydrogen) atoms. The Hall–Kier alpha value is -1.73. The standard InChI is InChI=1S/C18H15FINO2/c19-13-3-1-12(2-4-13)17-16(23)9-10-18(17,11-22)21-15-7-5-14(20)6-8-15/h1-10,17,21-22H,11H2/t17?,18-/m1/s1. The maximum atomic E-state index is 13.2. The molecule has 0 fully saturated rings. The number of aliphatic hydroxyl groups excluding tert-OH is 1. The van der Waals surface area contributed by atoms with Crippen LogP contribution >= 0.6 is 22.6 Å². The zero-order valence-electron chi connectivity index (χ0n) is 12.2. The molecule has 0 saturated carbocycles. The first-order chi connectivity index (χ1) is 11.0. The average Bonchev–Trinajstić information content (AvgIpc) is 2.88. The second-order valence-electron chi connectivity index (χ2n) is 5.55. The van der Waals surface area contributed by atoms with Crippen molar-refractivity contribution in [3.8, 4) is 0 Å². The maximum Gasteiger partial charge on any atom is 0.165 e. The molecule has 2 aromatic carbocycles. The molecule has 0 bridgehead atoms.